The Kier molecular flexibility index (Phi) is 2.40. The highest BCUT2D eigenvalue weighted by Gasteiger charge is 2.04. The van der Waals surface area contributed by atoms with Crippen molar-refractivity contribution in [3.05, 3.63) is 23.7 Å². The van der Waals surface area contributed by atoms with Gasteiger partial charge in [-0.3, -0.25) is 4.68 Å². The van der Waals surface area contributed by atoms with Crippen molar-refractivity contribution in [2.45, 2.75) is 19.9 Å². The van der Waals surface area contributed by atoms with Crippen molar-refractivity contribution in [3.8, 4) is 0 Å². The van der Waals surface area contributed by atoms with E-state index in [2.05, 4.69) is 15.4 Å². The third-order valence-corrected chi connectivity index (χ3v) is 2.39. The summed E-state index contributed by atoms with van der Waals surface area (Å²) in [5.74, 6) is 0.501. The summed E-state index contributed by atoms with van der Waals surface area (Å²) in [4.78, 5) is 0. The number of nitrogen functional groups attached to an aromatic ring is 1. The lowest BCUT2D eigenvalue weighted by Gasteiger charge is -2.00. The van der Waals surface area contributed by atoms with Gasteiger partial charge in [-0.05, 0) is 18.9 Å². The molecule has 0 atom stereocenters. The molecule has 0 fully saturated rings. The normalized spacial score (nSPS) is 10.8. The molecule has 2 aromatic heterocycles. The number of rotatable bonds is 3. The van der Waals surface area contributed by atoms with Gasteiger partial charge < -0.3 is 5.73 Å². The molecule has 0 saturated heterocycles. The fraction of sp³-hybridized carbons (Fsp3) is 0.444. The highest BCUT2D eigenvalue weighted by Crippen LogP contribution is 2.06. The Balaban J connectivity index is 2.02. The molecule has 0 unspecified atom stereocenters. The van der Waals surface area contributed by atoms with Gasteiger partial charge in [-0.25, -0.2) is 4.68 Å². The second-order valence-corrected chi connectivity index (χ2v) is 3.56. The number of hydrogen-bond acceptors (Lipinski definition) is 4. The Morgan fingerprint density at radius 3 is 2.80 bits per heavy atom. The van der Waals surface area contributed by atoms with E-state index in [0.717, 1.165) is 18.7 Å². The molecule has 6 heteroatoms. The van der Waals surface area contributed by atoms with Gasteiger partial charge in [0.1, 0.15) is 0 Å². The van der Waals surface area contributed by atoms with Crippen LogP contribution in [0.4, 0.5) is 5.82 Å². The molecule has 2 N–H and O–H groups in total. The first-order chi connectivity index (χ1) is 7.16. The molecule has 0 saturated carbocycles. The standard InChI is InChI=1S/C9H14N6/c1-7-9(10)12-13-15(7)4-3-8-5-11-14(2)6-8/h5-6H,3-4,10H2,1-2H3. The maximum absolute atomic E-state index is 5.60. The third kappa shape index (κ3) is 1.98. The largest absolute Gasteiger partial charge is 0.381 e. The second-order valence-electron chi connectivity index (χ2n) is 3.56. The lowest BCUT2D eigenvalue weighted by molar-refractivity contribution is 0.575. The fourth-order valence-electron chi connectivity index (χ4n) is 1.42. The van der Waals surface area contributed by atoms with Crippen molar-refractivity contribution in [3.63, 3.8) is 0 Å². The van der Waals surface area contributed by atoms with E-state index >= 15 is 0 Å². The number of hydrogen-bond donors (Lipinski definition) is 1. The topological polar surface area (TPSA) is 74.6 Å². The highest BCUT2D eigenvalue weighted by molar-refractivity contribution is 5.31. The third-order valence-electron chi connectivity index (χ3n) is 2.39. The van der Waals surface area contributed by atoms with Crippen LogP contribution >= 0.6 is 0 Å². The summed E-state index contributed by atoms with van der Waals surface area (Å²) in [5.41, 5.74) is 7.70. The maximum Gasteiger partial charge on any atom is 0.168 e. The van der Waals surface area contributed by atoms with E-state index < -0.39 is 0 Å². The molecule has 6 nitrogen and oxygen atoms in total. The minimum Gasteiger partial charge on any atom is -0.381 e. The van der Waals surface area contributed by atoms with Gasteiger partial charge in [-0.1, -0.05) is 5.21 Å². The minimum absolute atomic E-state index is 0.501. The van der Waals surface area contributed by atoms with Gasteiger partial charge in [0.05, 0.1) is 11.9 Å². The van der Waals surface area contributed by atoms with Crippen LogP contribution in [0, 0.1) is 6.92 Å². The zero-order valence-electron chi connectivity index (χ0n) is 8.88. The molecule has 15 heavy (non-hydrogen) atoms. The van der Waals surface area contributed by atoms with E-state index in [1.165, 1.54) is 5.56 Å². The zero-order valence-corrected chi connectivity index (χ0v) is 8.88. The van der Waals surface area contributed by atoms with Crippen molar-refractivity contribution >= 4 is 5.82 Å². The van der Waals surface area contributed by atoms with Gasteiger partial charge in [0.15, 0.2) is 5.82 Å². The molecule has 0 spiro atoms. The van der Waals surface area contributed by atoms with E-state index in [9.17, 15) is 0 Å². The van der Waals surface area contributed by atoms with Gasteiger partial charge >= 0.3 is 0 Å². The van der Waals surface area contributed by atoms with Crippen LogP contribution in [0.25, 0.3) is 0 Å². The first-order valence-corrected chi connectivity index (χ1v) is 4.80. The monoisotopic (exact) mass is 206 g/mol. The molecule has 0 bridgehead atoms. The Hall–Kier alpha value is -1.85. The van der Waals surface area contributed by atoms with Crippen LogP contribution in [-0.2, 0) is 20.0 Å². The van der Waals surface area contributed by atoms with E-state index in [0.29, 0.717) is 5.82 Å². The summed E-state index contributed by atoms with van der Waals surface area (Å²) in [6.45, 7) is 2.69. The van der Waals surface area contributed by atoms with Crippen LogP contribution < -0.4 is 5.73 Å². The van der Waals surface area contributed by atoms with Crippen LogP contribution in [-0.4, -0.2) is 24.8 Å². The molecule has 2 aromatic rings. The zero-order chi connectivity index (χ0) is 10.8. The van der Waals surface area contributed by atoms with Crippen molar-refractivity contribution in [1.82, 2.24) is 24.8 Å². The predicted octanol–water partition coefficient (Wildman–Crippen LogP) is 0.145. The highest BCUT2D eigenvalue weighted by atomic mass is 15.4. The average molecular weight is 206 g/mol. The molecule has 0 radical (unpaired) electrons. The van der Waals surface area contributed by atoms with E-state index in [1.807, 2.05) is 31.0 Å². The van der Waals surface area contributed by atoms with Crippen molar-refractivity contribution in [2.75, 3.05) is 5.73 Å². The quantitative estimate of drug-likeness (QED) is 0.775. The molecule has 2 heterocycles. The van der Waals surface area contributed by atoms with E-state index in [-0.39, 0.29) is 0 Å². The van der Waals surface area contributed by atoms with E-state index in [4.69, 9.17) is 5.73 Å². The van der Waals surface area contributed by atoms with Crippen molar-refractivity contribution in [1.29, 1.82) is 0 Å². The number of nitrogens with two attached hydrogens (primary N) is 1. The Bertz CT molecular complexity index is 455. The van der Waals surface area contributed by atoms with Gasteiger partial charge in [0.2, 0.25) is 0 Å². The molecule has 80 valence electrons. The van der Waals surface area contributed by atoms with Crippen molar-refractivity contribution < 1.29 is 0 Å². The molecule has 0 aliphatic rings. The summed E-state index contributed by atoms with van der Waals surface area (Å²) in [7, 11) is 1.90. The van der Waals surface area contributed by atoms with Crippen LogP contribution in [0.2, 0.25) is 0 Å². The molecule has 0 aliphatic heterocycles. The Morgan fingerprint density at radius 2 is 2.27 bits per heavy atom. The lowest BCUT2D eigenvalue weighted by Crippen LogP contribution is -2.05. The van der Waals surface area contributed by atoms with Crippen molar-refractivity contribution in [2.24, 2.45) is 7.05 Å². The first-order valence-electron chi connectivity index (χ1n) is 4.80. The fourth-order valence-corrected chi connectivity index (χ4v) is 1.42. The van der Waals surface area contributed by atoms with Gasteiger partial charge in [0, 0.05) is 19.8 Å². The summed E-state index contributed by atoms with van der Waals surface area (Å²) >= 11 is 0. The molecule has 0 aromatic carbocycles. The molecule has 0 aliphatic carbocycles. The second kappa shape index (κ2) is 3.72. The average Bonchev–Trinajstić information content (AvgIpc) is 2.74. The number of aromatic nitrogens is 5. The number of nitrogens with zero attached hydrogens (tertiary/aromatic N) is 5. The van der Waals surface area contributed by atoms with Gasteiger partial charge in [-0.15, -0.1) is 5.10 Å². The first kappa shape index (κ1) is 9.70. The molecular formula is C9H14N6. The van der Waals surface area contributed by atoms with Crippen LogP contribution in [0.15, 0.2) is 12.4 Å². The van der Waals surface area contributed by atoms with E-state index in [1.54, 1.807) is 4.68 Å². The molecule has 0 amide bonds. The molecule has 2 rings (SSSR count). The maximum atomic E-state index is 5.60. The summed E-state index contributed by atoms with van der Waals surface area (Å²) in [5, 5.41) is 11.9. The summed E-state index contributed by atoms with van der Waals surface area (Å²) < 4.78 is 3.60. The number of anilines is 1. The summed E-state index contributed by atoms with van der Waals surface area (Å²) in [6, 6.07) is 0. The number of aryl methyl sites for hydroxylation is 3. The van der Waals surface area contributed by atoms with Crippen LogP contribution in [0.3, 0.4) is 0 Å². The predicted molar refractivity (Wildman–Crippen MR) is 56.1 cm³/mol. The minimum atomic E-state index is 0.501. The Morgan fingerprint density at radius 1 is 1.47 bits per heavy atom. The molecular weight excluding hydrogens is 192 g/mol. The SMILES string of the molecule is Cc1c(N)nnn1CCc1cnn(C)c1. The van der Waals surface area contributed by atoms with Gasteiger partial charge in [0.25, 0.3) is 0 Å². The summed E-state index contributed by atoms with van der Waals surface area (Å²) in [6.07, 6.45) is 4.74. The van der Waals surface area contributed by atoms with Gasteiger partial charge in [-0.2, -0.15) is 5.10 Å². The van der Waals surface area contributed by atoms with Crippen LogP contribution in [0.1, 0.15) is 11.3 Å². The lowest BCUT2D eigenvalue weighted by atomic mass is 10.2. The Labute approximate surface area is 87.7 Å². The van der Waals surface area contributed by atoms with Crippen LogP contribution in [0.5, 0.6) is 0 Å². The smallest absolute Gasteiger partial charge is 0.168 e.